The third-order valence-electron chi connectivity index (χ3n) is 6.63. The van der Waals surface area contributed by atoms with Gasteiger partial charge in [0.05, 0.1) is 0 Å². The number of hydrogen-bond donors (Lipinski definition) is 0. The second-order valence-corrected chi connectivity index (χ2v) is 12.4. The van der Waals surface area contributed by atoms with Gasteiger partial charge in [0.15, 0.2) is 0 Å². The molecular weight excluding hydrogens is 367 g/mol. The first-order chi connectivity index (χ1) is 14.3. The molecule has 0 aliphatic heterocycles. The van der Waals surface area contributed by atoms with Crippen LogP contribution in [-0.2, 0) is 0 Å². The zero-order chi connectivity index (χ0) is 21.4. The molecule has 1 atom stereocenters. The van der Waals surface area contributed by atoms with E-state index >= 15 is 0 Å². The van der Waals surface area contributed by atoms with Gasteiger partial charge in [-0.3, -0.25) is 0 Å². The van der Waals surface area contributed by atoms with Gasteiger partial charge in [-0.2, -0.15) is 0 Å². The van der Waals surface area contributed by atoms with Gasteiger partial charge in [0, 0.05) is 0 Å². The van der Waals surface area contributed by atoms with Gasteiger partial charge >= 0.3 is 0 Å². The molecule has 0 heterocycles. The Bertz CT molecular complexity index is 280. The molecule has 0 amide bonds. The first-order valence-corrected chi connectivity index (χ1v) is 15.8. The topological polar surface area (TPSA) is 0 Å². The van der Waals surface area contributed by atoms with Crippen LogP contribution in [0.25, 0.3) is 0 Å². The van der Waals surface area contributed by atoms with Gasteiger partial charge in [0.2, 0.25) is 0 Å². The van der Waals surface area contributed by atoms with E-state index in [1.54, 1.807) is 18.7 Å². The van der Waals surface area contributed by atoms with E-state index < -0.39 is 0 Å². The van der Waals surface area contributed by atoms with Crippen LogP contribution >= 0.6 is 7.92 Å². The Morgan fingerprint density at radius 2 is 0.759 bits per heavy atom. The molecule has 29 heavy (non-hydrogen) atoms. The quantitative estimate of drug-likeness (QED) is 0.106. The summed E-state index contributed by atoms with van der Waals surface area (Å²) in [7, 11) is 0.317. The van der Waals surface area contributed by atoms with Crippen LogP contribution in [0.15, 0.2) is 0 Å². The first kappa shape index (κ1) is 29.4. The lowest BCUT2D eigenvalue weighted by Crippen LogP contribution is -2.10. The molecule has 0 saturated carbocycles. The summed E-state index contributed by atoms with van der Waals surface area (Å²) in [5.41, 5.74) is 1.09. The third-order valence-corrected chi connectivity index (χ3v) is 9.96. The maximum atomic E-state index is 2.41. The maximum Gasteiger partial charge on any atom is -0.0209 e. The molecule has 0 N–H and O–H groups in total. The predicted molar refractivity (Wildman–Crippen MR) is 140 cm³/mol. The average molecular weight is 427 g/mol. The van der Waals surface area contributed by atoms with E-state index in [9.17, 15) is 0 Å². The van der Waals surface area contributed by atoms with Crippen LogP contribution in [-0.4, -0.2) is 18.0 Å². The van der Waals surface area contributed by atoms with Gasteiger partial charge < -0.3 is 0 Å². The van der Waals surface area contributed by atoms with Gasteiger partial charge in [0.25, 0.3) is 0 Å². The van der Waals surface area contributed by atoms with Crippen molar-refractivity contribution < 1.29 is 0 Å². The second-order valence-electron chi connectivity index (χ2n) is 9.57. The van der Waals surface area contributed by atoms with Crippen LogP contribution in [0, 0.1) is 0 Å². The molecule has 0 bridgehead atoms. The minimum atomic E-state index is 0.317. The highest BCUT2D eigenvalue weighted by Crippen LogP contribution is 2.47. The van der Waals surface area contributed by atoms with Crippen molar-refractivity contribution in [2.24, 2.45) is 0 Å². The molecule has 0 fully saturated rings. The number of unbranched alkanes of at least 4 members (excludes halogenated alkanes) is 15. The molecule has 0 aliphatic rings. The lowest BCUT2D eigenvalue weighted by molar-refractivity contribution is 0.527. The molecule has 0 radical (unpaired) electrons. The Balaban J connectivity index is 3.69. The molecular formula is C28H59P. The summed E-state index contributed by atoms with van der Waals surface area (Å²) in [6.45, 7) is 9.46. The molecule has 1 unspecified atom stereocenters. The highest BCUT2D eigenvalue weighted by atomic mass is 31.1. The Morgan fingerprint density at radius 1 is 0.379 bits per heavy atom. The van der Waals surface area contributed by atoms with E-state index in [-0.39, 0.29) is 0 Å². The van der Waals surface area contributed by atoms with E-state index in [2.05, 4.69) is 27.7 Å². The number of rotatable bonds is 24. The summed E-state index contributed by atoms with van der Waals surface area (Å²) in [5.74, 6) is 0. The lowest BCUT2D eigenvalue weighted by Gasteiger charge is -2.28. The minimum absolute atomic E-state index is 0.317. The van der Waals surface area contributed by atoms with Gasteiger partial charge in [-0.15, -0.1) is 7.92 Å². The minimum Gasteiger partial charge on any atom is -0.104 e. The SMILES string of the molecule is CCCCCCCCCCCCCCCCC(CCC)P(CCCC)CCCC. The Kier molecular flexibility index (Phi) is 25.1. The predicted octanol–water partition coefficient (Wildman–Crippen LogP) is 11.1. The van der Waals surface area contributed by atoms with Crippen molar-refractivity contribution in [3.05, 3.63) is 0 Å². The fourth-order valence-electron chi connectivity index (χ4n) is 4.62. The number of hydrogen-bond acceptors (Lipinski definition) is 0. The summed E-state index contributed by atoms with van der Waals surface area (Å²) in [6.07, 6.45) is 34.0. The van der Waals surface area contributed by atoms with Crippen LogP contribution in [0.2, 0.25) is 0 Å². The molecule has 0 aliphatic carbocycles. The van der Waals surface area contributed by atoms with Gasteiger partial charge in [-0.1, -0.05) is 137 Å². The monoisotopic (exact) mass is 426 g/mol. The van der Waals surface area contributed by atoms with E-state index in [0.717, 1.165) is 5.66 Å². The van der Waals surface area contributed by atoms with Crippen molar-refractivity contribution in [2.75, 3.05) is 12.3 Å². The molecule has 0 saturated heterocycles. The third kappa shape index (κ3) is 20.1. The van der Waals surface area contributed by atoms with Gasteiger partial charge in [-0.05, 0) is 43.7 Å². The standard InChI is InChI=1S/C28H59P/c1-5-9-12-13-14-15-16-17-18-19-20-21-22-23-25-28(24-8-4)29(26-10-6-2)27-11-7-3/h28H,5-27H2,1-4H3. The highest BCUT2D eigenvalue weighted by Gasteiger charge is 2.18. The summed E-state index contributed by atoms with van der Waals surface area (Å²) < 4.78 is 0. The first-order valence-electron chi connectivity index (χ1n) is 14.0. The van der Waals surface area contributed by atoms with Crippen LogP contribution in [0.4, 0.5) is 0 Å². The second kappa shape index (κ2) is 24.7. The molecule has 176 valence electrons. The van der Waals surface area contributed by atoms with E-state index in [1.807, 2.05) is 0 Å². The fraction of sp³-hybridized carbons (Fsp3) is 1.00. The highest BCUT2D eigenvalue weighted by molar-refractivity contribution is 7.58. The van der Waals surface area contributed by atoms with Crippen molar-refractivity contribution in [1.29, 1.82) is 0 Å². The fourth-order valence-corrected chi connectivity index (χ4v) is 8.19. The summed E-state index contributed by atoms with van der Waals surface area (Å²) in [6, 6.07) is 0. The molecule has 0 aromatic rings. The van der Waals surface area contributed by atoms with Crippen molar-refractivity contribution in [3.63, 3.8) is 0 Å². The molecule has 0 rings (SSSR count). The molecule has 1 heteroatoms. The summed E-state index contributed by atoms with van der Waals surface area (Å²) >= 11 is 0. The lowest BCUT2D eigenvalue weighted by atomic mass is 10.0. The molecule has 0 nitrogen and oxygen atoms in total. The van der Waals surface area contributed by atoms with Crippen LogP contribution in [0.1, 0.15) is 163 Å². The Morgan fingerprint density at radius 3 is 1.14 bits per heavy atom. The molecule has 0 aromatic carbocycles. The van der Waals surface area contributed by atoms with Crippen LogP contribution in [0.3, 0.4) is 0 Å². The maximum absolute atomic E-state index is 2.41. The molecule has 0 spiro atoms. The van der Waals surface area contributed by atoms with Crippen molar-refractivity contribution >= 4 is 7.92 Å². The van der Waals surface area contributed by atoms with Crippen molar-refractivity contribution in [3.8, 4) is 0 Å². The van der Waals surface area contributed by atoms with E-state index in [1.165, 1.54) is 128 Å². The van der Waals surface area contributed by atoms with Crippen LogP contribution < -0.4 is 0 Å². The van der Waals surface area contributed by atoms with Crippen molar-refractivity contribution in [2.45, 2.75) is 168 Å². The van der Waals surface area contributed by atoms with Gasteiger partial charge in [-0.25, -0.2) is 0 Å². The zero-order valence-electron chi connectivity index (χ0n) is 21.3. The normalized spacial score (nSPS) is 12.7. The molecule has 0 aromatic heterocycles. The average Bonchev–Trinajstić information content (AvgIpc) is 2.73. The van der Waals surface area contributed by atoms with Gasteiger partial charge in [0.1, 0.15) is 0 Å². The zero-order valence-corrected chi connectivity index (χ0v) is 22.2. The smallest absolute Gasteiger partial charge is 0.0209 e. The summed E-state index contributed by atoms with van der Waals surface area (Å²) in [4.78, 5) is 0. The van der Waals surface area contributed by atoms with Crippen LogP contribution in [0.5, 0.6) is 0 Å². The largest absolute Gasteiger partial charge is 0.104 e. The van der Waals surface area contributed by atoms with E-state index in [4.69, 9.17) is 0 Å². The van der Waals surface area contributed by atoms with E-state index in [0.29, 0.717) is 7.92 Å². The Labute approximate surface area is 188 Å². The Hall–Kier alpha value is 0.430. The van der Waals surface area contributed by atoms with Crippen molar-refractivity contribution in [1.82, 2.24) is 0 Å². The summed E-state index contributed by atoms with van der Waals surface area (Å²) in [5, 5.41) is 0.